The van der Waals surface area contributed by atoms with Crippen LogP contribution in [-0.2, 0) is 0 Å². The van der Waals surface area contributed by atoms with Gasteiger partial charge in [0.05, 0.1) is 18.7 Å². The summed E-state index contributed by atoms with van der Waals surface area (Å²) in [6.07, 6.45) is 2.34. The minimum absolute atomic E-state index is 0.214. The first-order chi connectivity index (χ1) is 14.3. The van der Waals surface area contributed by atoms with Crippen molar-refractivity contribution in [2.24, 2.45) is 0 Å². The summed E-state index contributed by atoms with van der Waals surface area (Å²) in [6.45, 7) is 12.1. The lowest BCUT2D eigenvalue weighted by molar-refractivity contribution is 0.0775. The molecular weight excluding hydrogens is 379 g/mol. The van der Waals surface area contributed by atoms with Gasteiger partial charge in [0.2, 0.25) is 0 Å². The zero-order valence-electron chi connectivity index (χ0n) is 19.1. The van der Waals surface area contributed by atoms with Crippen molar-refractivity contribution >= 4 is 5.91 Å². The Labute approximate surface area is 180 Å². The van der Waals surface area contributed by atoms with Crippen LogP contribution in [0.2, 0.25) is 0 Å². The van der Waals surface area contributed by atoms with Crippen LogP contribution in [0.25, 0.3) is 0 Å². The van der Waals surface area contributed by atoms with Crippen molar-refractivity contribution in [1.82, 2.24) is 10.2 Å². The van der Waals surface area contributed by atoms with E-state index in [-0.39, 0.29) is 23.2 Å². The smallest absolute Gasteiger partial charge is 0.255 e. The number of hydrogen-bond acceptors (Lipinski definition) is 3. The van der Waals surface area contributed by atoms with Crippen molar-refractivity contribution in [2.75, 3.05) is 20.2 Å². The highest BCUT2D eigenvalue weighted by Crippen LogP contribution is 2.34. The van der Waals surface area contributed by atoms with Crippen molar-refractivity contribution in [2.45, 2.75) is 59.0 Å². The van der Waals surface area contributed by atoms with E-state index in [1.807, 2.05) is 44.2 Å². The van der Waals surface area contributed by atoms with Crippen LogP contribution in [0.5, 0.6) is 5.75 Å². The van der Waals surface area contributed by atoms with Gasteiger partial charge in [-0.25, -0.2) is 4.39 Å². The molecule has 1 atom stereocenters. The number of carbonyl (C=O) groups excluding carboxylic acids is 1. The molecule has 0 spiro atoms. The maximum absolute atomic E-state index is 13.8. The Kier molecular flexibility index (Phi) is 8.42. The molecule has 30 heavy (non-hydrogen) atoms. The standard InChI is InChI=1S/C23H29FN2O2.C2H6/c1-16-14-18(24)15-19(28-4)20(16)22(27)25-21(17-10-6-5-7-11-17)23(2,3)26-12-8-9-13-26;1-2/h5-7,10-11,14-15,21H,8-9,12-13H2,1-4H3,(H,25,27);1-2H3. The third-order valence-corrected chi connectivity index (χ3v) is 5.75. The number of aryl methyl sites for hydroxylation is 1. The lowest BCUT2D eigenvalue weighted by Gasteiger charge is -2.42. The number of likely N-dealkylation sites (tertiary alicyclic amines) is 1. The van der Waals surface area contributed by atoms with Crippen LogP contribution in [0.1, 0.15) is 68.1 Å². The molecule has 1 heterocycles. The number of amides is 1. The lowest BCUT2D eigenvalue weighted by atomic mass is 9.86. The second-order valence-electron chi connectivity index (χ2n) is 7.96. The Morgan fingerprint density at radius 2 is 1.73 bits per heavy atom. The first kappa shape index (κ1) is 23.9. The summed E-state index contributed by atoms with van der Waals surface area (Å²) in [6, 6.07) is 12.4. The lowest BCUT2D eigenvalue weighted by Crippen LogP contribution is -2.52. The summed E-state index contributed by atoms with van der Waals surface area (Å²) in [5.74, 6) is -0.417. The van der Waals surface area contributed by atoms with Crippen LogP contribution in [0.4, 0.5) is 4.39 Å². The van der Waals surface area contributed by atoms with Gasteiger partial charge in [0.15, 0.2) is 0 Å². The van der Waals surface area contributed by atoms with Crippen molar-refractivity contribution in [3.8, 4) is 5.75 Å². The third-order valence-electron chi connectivity index (χ3n) is 5.75. The Morgan fingerprint density at radius 1 is 1.13 bits per heavy atom. The van der Waals surface area contributed by atoms with Gasteiger partial charge in [0, 0.05) is 11.6 Å². The maximum Gasteiger partial charge on any atom is 0.255 e. The molecule has 1 unspecified atom stereocenters. The summed E-state index contributed by atoms with van der Waals surface area (Å²) in [5.41, 5.74) is 1.71. The number of nitrogens with one attached hydrogen (secondary N) is 1. The summed E-state index contributed by atoms with van der Waals surface area (Å²) < 4.78 is 19.1. The molecule has 1 aliphatic rings. The fraction of sp³-hybridized carbons (Fsp3) is 0.480. The molecule has 0 radical (unpaired) electrons. The van der Waals surface area contributed by atoms with Crippen molar-refractivity contribution < 1.29 is 13.9 Å². The van der Waals surface area contributed by atoms with Gasteiger partial charge in [-0.2, -0.15) is 0 Å². The van der Waals surface area contributed by atoms with Crippen LogP contribution in [0.3, 0.4) is 0 Å². The van der Waals surface area contributed by atoms with E-state index < -0.39 is 5.82 Å². The number of nitrogens with zero attached hydrogens (tertiary/aromatic N) is 1. The second kappa shape index (κ2) is 10.6. The monoisotopic (exact) mass is 414 g/mol. The van der Waals surface area contributed by atoms with E-state index in [1.165, 1.54) is 32.1 Å². The van der Waals surface area contributed by atoms with Gasteiger partial charge in [-0.15, -0.1) is 0 Å². The molecule has 3 rings (SSSR count). The van der Waals surface area contributed by atoms with E-state index >= 15 is 0 Å². The molecule has 164 valence electrons. The van der Waals surface area contributed by atoms with E-state index in [4.69, 9.17) is 4.74 Å². The number of hydrogen-bond donors (Lipinski definition) is 1. The van der Waals surface area contributed by atoms with Gasteiger partial charge in [-0.3, -0.25) is 9.69 Å². The number of rotatable bonds is 6. The van der Waals surface area contributed by atoms with E-state index in [9.17, 15) is 9.18 Å². The summed E-state index contributed by atoms with van der Waals surface area (Å²) in [5, 5.41) is 3.22. The topological polar surface area (TPSA) is 41.6 Å². The molecule has 0 aliphatic carbocycles. The first-order valence-corrected chi connectivity index (χ1v) is 10.8. The molecule has 2 aromatic carbocycles. The zero-order chi connectivity index (χ0) is 22.3. The van der Waals surface area contributed by atoms with Gasteiger partial charge in [0.25, 0.3) is 5.91 Å². The molecule has 5 heteroatoms. The van der Waals surface area contributed by atoms with Crippen LogP contribution >= 0.6 is 0 Å². The average molecular weight is 415 g/mol. The molecular formula is C25H35FN2O2. The van der Waals surface area contributed by atoms with Gasteiger partial charge < -0.3 is 10.1 Å². The highest BCUT2D eigenvalue weighted by molar-refractivity contribution is 5.98. The molecule has 1 amide bonds. The van der Waals surface area contributed by atoms with Gasteiger partial charge in [0.1, 0.15) is 11.6 Å². The molecule has 0 aromatic heterocycles. The Hall–Kier alpha value is -2.40. The van der Waals surface area contributed by atoms with E-state index in [0.29, 0.717) is 11.1 Å². The Balaban J connectivity index is 0.00000155. The molecule has 1 N–H and O–H groups in total. The van der Waals surface area contributed by atoms with Gasteiger partial charge in [-0.05, 0) is 63.9 Å². The average Bonchev–Trinajstić information content (AvgIpc) is 3.29. The minimum Gasteiger partial charge on any atom is -0.496 e. The van der Waals surface area contributed by atoms with E-state index in [2.05, 4.69) is 24.1 Å². The molecule has 0 bridgehead atoms. The first-order valence-electron chi connectivity index (χ1n) is 10.8. The number of halogens is 1. The highest BCUT2D eigenvalue weighted by Gasteiger charge is 2.39. The molecule has 4 nitrogen and oxygen atoms in total. The van der Waals surface area contributed by atoms with Gasteiger partial charge >= 0.3 is 0 Å². The van der Waals surface area contributed by atoms with Gasteiger partial charge in [-0.1, -0.05) is 44.2 Å². The van der Waals surface area contributed by atoms with Crippen molar-refractivity contribution in [3.05, 3.63) is 65.0 Å². The molecule has 0 saturated carbocycles. The molecule has 1 saturated heterocycles. The number of benzene rings is 2. The second-order valence-corrected chi connectivity index (χ2v) is 7.96. The largest absolute Gasteiger partial charge is 0.496 e. The minimum atomic E-state index is -0.414. The predicted molar refractivity (Wildman–Crippen MR) is 121 cm³/mol. The summed E-state index contributed by atoms with van der Waals surface area (Å²) >= 11 is 0. The maximum atomic E-state index is 13.8. The Bertz CT molecular complexity index is 831. The molecule has 1 fully saturated rings. The normalized spacial score (nSPS) is 15.2. The number of ether oxygens (including phenoxy) is 1. The quantitative estimate of drug-likeness (QED) is 0.677. The predicted octanol–water partition coefficient (Wildman–Crippen LogP) is 5.51. The van der Waals surface area contributed by atoms with Crippen LogP contribution < -0.4 is 10.1 Å². The third kappa shape index (κ3) is 5.20. The summed E-state index contributed by atoms with van der Waals surface area (Å²) in [7, 11) is 1.45. The SMILES string of the molecule is CC.COc1cc(F)cc(C)c1C(=O)NC(c1ccccc1)C(C)(C)N1CCCC1. The van der Waals surface area contributed by atoms with Crippen molar-refractivity contribution in [3.63, 3.8) is 0 Å². The molecule has 1 aliphatic heterocycles. The summed E-state index contributed by atoms with van der Waals surface area (Å²) in [4.78, 5) is 15.7. The fourth-order valence-corrected chi connectivity index (χ4v) is 4.16. The van der Waals surface area contributed by atoms with E-state index in [1.54, 1.807) is 6.92 Å². The fourth-order valence-electron chi connectivity index (χ4n) is 4.16. The highest BCUT2D eigenvalue weighted by atomic mass is 19.1. The van der Waals surface area contributed by atoms with Crippen LogP contribution in [0, 0.1) is 12.7 Å². The van der Waals surface area contributed by atoms with Crippen molar-refractivity contribution in [1.29, 1.82) is 0 Å². The van der Waals surface area contributed by atoms with E-state index in [0.717, 1.165) is 18.7 Å². The van der Waals surface area contributed by atoms with Crippen LogP contribution in [-0.4, -0.2) is 36.5 Å². The van der Waals surface area contributed by atoms with Crippen LogP contribution in [0.15, 0.2) is 42.5 Å². The number of methoxy groups -OCH3 is 1. The molecule has 2 aromatic rings. The number of carbonyl (C=O) groups is 1. The Morgan fingerprint density at radius 3 is 2.30 bits per heavy atom. The zero-order valence-corrected chi connectivity index (χ0v) is 19.1.